The van der Waals surface area contributed by atoms with E-state index in [9.17, 15) is 4.79 Å². The lowest BCUT2D eigenvalue weighted by Crippen LogP contribution is -2.55. The number of nitrogens with zero attached hydrogens (tertiary/aromatic N) is 1. The molecule has 0 aromatic rings. The molecule has 0 aliphatic carbocycles. The summed E-state index contributed by atoms with van der Waals surface area (Å²) in [7, 11) is 1.76. The van der Waals surface area contributed by atoms with E-state index in [4.69, 9.17) is 4.74 Å². The molecule has 2 heterocycles. The highest BCUT2D eigenvalue weighted by atomic mass is 16.5. The first-order valence-corrected chi connectivity index (χ1v) is 7.60. The number of piperidine rings is 2. The molecule has 0 aromatic carbocycles. The van der Waals surface area contributed by atoms with Crippen LogP contribution >= 0.6 is 0 Å². The summed E-state index contributed by atoms with van der Waals surface area (Å²) >= 11 is 0. The Bertz CT molecular complexity index is 326. The van der Waals surface area contributed by atoms with E-state index in [1.54, 1.807) is 7.11 Å². The molecule has 0 spiro atoms. The molecule has 19 heavy (non-hydrogen) atoms. The summed E-state index contributed by atoms with van der Waals surface area (Å²) in [6.07, 6.45) is 5.00. The van der Waals surface area contributed by atoms with Crippen LogP contribution in [-0.4, -0.2) is 49.7 Å². The predicted molar refractivity (Wildman–Crippen MR) is 76.1 cm³/mol. The van der Waals surface area contributed by atoms with Crippen molar-refractivity contribution in [1.29, 1.82) is 0 Å². The Balaban J connectivity index is 2.09. The van der Waals surface area contributed by atoms with Gasteiger partial charge in [0.1, 0.15) is 0 Å². The van der Waals surface area contributed by atoms with Crippen LogP contribution in [0.15, 0.2) is 0 Å². The molecule has 4 nitrogen and oxygen atoms in total. The Labute approximate surface area is 116 Å². The van der Waals surface area contributed by atoms with Crippen LogP contribution < -0.4 is 5.32 Å². The van der Waals surface area contributed by atoms with Crippen LogP contribution in [0.25, 0.3) is 0 Å². The Morgan fingerprint density at radius 1 is 1.32 bits per heavy atom. The van der Waals surface area contributed by atoms with E-state index < -0.39 is 0 Å². The molecular formula is C15H28N2O2. The number of carbonyl (C=O) groups is 1. The second-order valence-electron chi connectivity index (χ2n) is 6.37. The number of nitrogens with one attached hydrogen (secondary N) is 1. The van der Waals surface area contributed by atoms with Crippen LogP contribution in [0, 0.1) is 5.41 Å². The molecule has 1 atom stereocenters. The third-order valence-corrected chi connectivity index (χ3v) is 5.13. The zero-order valence-corrected chi connectivity index (χ0v) is 12.6. The standard InChI is InChI=1S/C15H28N2O2/c1-4-15(7-9-16-10-8-15)13(18)17-11-5-6-14(2,12-17)19-3/h16H,4-12H2,1-3H3. The van der Waals surface area contributed by atoms with Gasteiger partial charge in [0.2, 0.25) is 5.91 Å². The highest BCUT2D eigenvalue weighted by molar-refractivity contribution is 5.83. The van der Waals surface area contributed by atoms with E-state index >= 15 is 0 Å². The first-order valence-electron chi connectivity index (χ1n) is 7.60. The molecule has 2 aliphatic rings. The number of hydrogen-bond acceptors (Lipinski definition) is 3. The summed E-state index contributed by atoms with van der Waals surface area (Å²) in [5.74, 6) is 0.361. The van der Waals surface area contributed by atoms with Gasteiger partial charge in [0.15, 0.2) is 0 Å². The highest BCUT2D eigenvalue weighted by Gasteiger charge is 2.43. The fourth-order valence-corrected chi connectivity index (χ4v) is 3.51. The molecule has 0 bridgehead atoms. The van der Waals surface area contributed by atoms with Crippen molar-refractivity contribution < 1.29 is 9.53 Å². The average molecular weight is 268 g/mol. The third-order valence-electron chi connectivity index (χ3n) is 5.13. The Hall–Kier alpha value is -0.610. The number of rotatable bonds is 3. The number of ether oxygens (including phenoxy) is 1. The fraction of sp³-hybridized carbons (Fsp3) is 0.933. The van der Waals surface area contributed by atoms with Crippen molar-refractivity contribution in [1.82, 2.24) is 10.2 Å². The monoisotopic (exact) mass is 268 g/mol. The summed E-state index contributed by atoms with van der Waals surface area (Å²) in [6, 6.07) is 0. The van der Waals surface area contributed by atoms with Crippen LogP contribution in [0.1, 0.15) is 46.0 Å². The van der Waals surface area contributed by atoms with Gasteiger partial charge in [0, 0.05) is 20.2 Å². The van der Waals surface area contributed by atoms with Crippen LogP contribution in [0.2, 0.25) is 0 Å². The average Bonchev–Trinajstić information content (AvgIpc) is 2.47. The van der Waals surface area contributed by atoms with E-state index in [0.29, 0.717) is 5.91 Å². The summed E-state index contributed by atoms with van der Waals surface area (Å²) in [5, 5.41) is 3.36. The molecule has 4 heteroatoms. The van der Waals surface area contributed by atoms with Crippen LogP contribution in [-0.2, 0) is 9.53 Å². The van der Waals surface area contributed by atoms with Gasteiger partial charge >= 0.3 is 0 Å². The molecule has 1 amide bonds. The van der Waals surface area contributed by atoms with E-state index in [1.165, 1.54) is 0 Å². The normalized spacial score (nSPS) is 31.2. The summed E-state index contributed by atoms with van der Waals surface area (Å²) < 4.78 is 5.61. The molecular weight excluding hydrogens is 240 g/mol. The highest BCUT2D eigenvalue weighted by Crippen LogP contribution is 2.36. The zero-order valence-electron chi connectivity index (χ0n) is 12.6. The van der Waals surface area contributed by atoms with Gasteiger partial charge in [-0.05, 0) is 52.1 Å². The lowest BCUT2D eigenvalue weighted by Gasteiger charge is -2.45. The largest absolute Gasteiger partial charge is 0.377 e. The quantitative estimate of drug-likeness (QED) is 0.848. The zero-order chi connectivity index (χ0) is 13.9. The third kappa shape index (κ3) is 2.95. The van der Waals surface area contributed by atoms with E-state index in [0.717, 1.165) is 58.3 Å². The number of likely N-dealkylation sites (tertiary alicyclic amines) is 1. The number of amides is 1. The maximum atomic E-state index is 13.0. The molecule has 0 saturated carbocycles. The molecule has 1 N–H and O–H groups in total. The van der Waals surface area contributed by atoms with Gasteiger partial charge in [-0.15, -0.1) is 0 Å². The lowest BCUT2D eigenvalue weighted by atomic mass is 9.75. The van der Waals surface area contributed by atoms with E-state index in [1.807, 2.05) is 0 Å². The number of hydrogen-bond donors (Lipinski definition) is 1. The second kappa shape index (κ2) is 5.80. The van der Waals surface area contributed by atoms with Crippen molar-refractivity contribution in [2.45, 2.75) is 51.6 Å². The fourth-order valence-electron chi connectivity index (χ4n) is 3.51. The topological polar surface area (TPSA) is 41.6 Å². The van der Waals surface area contributed by atoms with Gasteiger partial charge in [0.25, 0.3) is 0 Å². The number of carbonyl (C=O) groups excluding carboxylic acids is 1. The van der Waals surface area contributed by atoms with Crippen molar-refractivity contribution in [3.8, 4) is 0 Å². The van der Waals surface area contributed by atoms with Gasteiger partial charge in [0.05, 0.1) is 11.0 Å². The minimum absolute atomic E-state index is 0.128. The minimum atomic E-state index is -0.157. The van der Waals surface area contributed by atoms with Crippen molar-refractivity contribution in [2.75, 3.05) is 33.3 Å². The van der Waals surface area contributed by atoms with Crippen LogP contribution in [0.3, 0.4) is 0 Å². The smallest absolute Gasteiger partial charge is 0.228 e. The van der Waals surface area contributed by atoms with Gasteiger partial charge in [-0.1, -0.05) is 6.92 Å². The Kier molecular flexibility index (Phi) is 4.51. The van der Waals surface area contributed by atoms with Crippen LogP contribution in [0.5, 0.6) is 0 Å². The first-order chi connectivity index (χ1) is 9.05. The summed E-state index contributed by atoms with van der Waals surface area (Å²) in [4.78, 5) is 15.0. The molecule has 2 aliphatic heterocycles. The summed E-state index contributed by atoms with van der Waals surface area (Å²) in [5.41, 5.74) is -0.285. The maximum Gasteiger partial charge on any atom is 0.228 e. The molecule has 1 unspecified atom stereocenters. The van der Waals surface area contributed by atoms with Gasteiger partial charge in [-0.25, -0.2) is 0 Å². The molecule has 0 radical (unpaired) electrons. The van der Waals surface area contributed by atoms with E-state index in [-0.39, 0.29) is 11.0 Å². The van der Waals surface area contributed by atoms with Gasteiger partial charge in [-0.3, -0.25) is 4.79 Å². The van der Waals surface area contributed by atoms with Gasteiger partial charge < -0.3 is 15.0 Å². The lowest BCUT2D eigenvalue weighted by molar-refractivity contribution is -0.152. The van der Waals surface area contributed by atoms with Crippen molar-refractivity contribution in [2.24, 2.45) is 5.41 Å². The Morgan fingerprint density at radius 2 is 2.00 bits per heavy atom. The second-order valence-corrected chi connectivity index (χ2v) is 6.37. The minimum Gasteiger partial charge on any atom is -0.377 e. The van der Waals surface area contributed by atoms with E-state index in [2.05, 4.69) is 24.1 Å². The SMILES string of the molecule is CCC1(C(=O)N2CCCC(C)(OC)C2)CCNCC1. The Morgan fingerprint density at radius 3 is 2.58 bits per heavy atom. The summed E-state index contributed by atoms with van der Waals surface area (Å²) in [6.45, 7) is 7.85. The number of methoxy groups -OCH3 is 1. The van der Waals surface area contributed by atoms with Crippen LogP contribution in [0.4, 0.5) is 0 Å². The van der Waals surface area contributed by atoms with Crippen molar-refractivity contribution in [3.05, 3.63) is 0 Å². The van der Waals surface area contributed by atoms with Crippen molar-refractivity contribution in [3.63, 3.8) is 0 Å². The molecule has 2 saturated heterocycles. The first kappa shape index (κ1) is 14.8. The molecule has 2 rings (SSSR count). The molecule has 2 fully saturated rings. The predicted octanol–water partition coefficient (Wildman–Crippen LogP) is 1.79. The molecule has 0 aromatic heterocycles. The maximum absolute atomic E-state index is 13.0. The molecule has 110 valence electrons. The van der Waals surface area contributed by atoms with Crippen molar-refractivity contribution >= 4 is 5.91 Å². The van der Waals surface area contributed by atoms with Gasteiger partial charge in [-0.2, -0.15) is 0 Å².